The van der Waals surface area contributed by atoms with Gasteiger partial charge in [0, 0.05) is 21.8 Å². The first-order valence-corrected chi connectivity index (χ1v) is 10.1. The van der Waals surface area contributed by atoms with Crippen molar-refractivity contribution in [2.75, 3.05) is 6.26 Å². The Hall–Kier alpha value is -0.140. The van der Waals surface area contributed by atoms with Crippen molar-refractivity contribution in [3.63, 3.8) is 0 Å². The molecule has 3 unspecified atom stereocenters. The Balaban J connectivity index is 2.24. The quantitative estimate of drug-likeness (QED) is 0.606. The molecular weight excluding hydrogens is 376 g/mol. The van der Waals surface area contributed by atoms with E-state index in [1.54, 1.807) is 0 Å². The van der Waals surface area contributed by atoms with Crippen molar-refractivity contribution >= 4 is 37.4 Å². The zero-order valence-corrected chi connectivity index (χ0v) is 15.0. The SMILES string of the molecule is CS(=O)(=O)C1CCCC(C(NN)c2ccc(Cl)cc2Br)C1. The molecule has 1 aromatic carbocycles. The fourth-order valence-electron chi connectivity index (χ4n) is 3.11. The van der Waals surface area contributed by atoms with Gasteiger partial charge >= 0.3 is 0 Å². The van der Waals surface area contributed by atoms with Crippen LogP contribution in [0.4, 0.5) is 0 Å². The predicted octanol–water partition coefficient (Wildman–Crippen LogP) is 3.21. The third-order valence-electron chi connectivity index (χ3n) is 4.22. The van der Waals surface area contributed by atoms with Crippen LogP contribution in [0.3, 0.4) is 0 Å². The molecular formula is C14H20BrClN2O2S. The van der Waals surface area contributed by atoms with E-state index in [4.69, 9.17) is 17.4 Å². The van der Waals surface area contributed by atoms with Gasteiger partial charge in [-0.15, -0.1) is 0 Å². The second-order valence-electron chi connectivity index (χ2n) is 5.69. The molecule has 3 N–H and O–H groups in total. The van der Waals surface area contributed by atoms with E-state index >= 15 is 0 Å². The molecule has 4 nitrogen and oxygen atoms in total. The van der Waals surface area contributed by atoms with Gasteiger partial charge < -0.3 is 0 Å². The maximum Gasteiger partial charge on any atom is 0.150 e. The molecule has 0 spiro atoms. The van der Waals surface area contributed by atoms with Crippen LogP contribution in [-0.2, 0) is 9.84 Å². The standard InChI is InChI=1S/C14H20BrClN2O2S/c1-21(19,20)11-4-2-3-9(7-11)14(18-17)12-6-5-10(16)8-13(12)15/h5-6,8-9,11,14,18H,2-4,7,17H2,1H3. The van der Waals surface area contributed by atoms with Crippen LogP contribution >= 0.6 is 27.5 Å². The van der Waals surface area contributed by atoms with E-state index in [0.29, 0.717) is 11.4 Å². The minimum atomic E-state index is -3.00. The lowest BCUT2D eigenvalue weighted by Gasteiger charge is -2.34. The first-order valence-electron chi connectivity index (χ1n) is 6.93. The first kappa shape index (κ1) is 17.2. The topological polar surface area (TPSA) is 72.2 Å². The zero-order valence-electron chi connectivity index (χ0n) is 11.9. The molecule has 3 atom stereocenters. The minimum Gasteiger partial charge on any atom is -0.271 e. The van der Waals surface area contributed by atoms with Gasteiger partial charge in [-0.3, -0.25) is 11.3 Å². The average molecular weight is 396 g/mol. The number of halogens is 2. The summed E-state index contributed by atoms with van der Waals surface area (Å²) >= 11 is 9.48. The highest BCUT2D eigenvalue weighted by Gasteiger charge is 2.33. The van der Waals surface area contributed by atoms with Crippen molar-refractivity contribution in [1.82, 2.24) is 5.43 Å². The van der Waals surface area contributed by atoms with Crippen molar-refractivity contribution in [2.24, 2.45) is 11.8 Å². The van der Waals surface area contributed by atoms with Crippen molar-refractivity contribution in [2.45, 2.75) is 37.0 Å². The number of nitrogens with two attached hydrogens (primary N) is 1. The van der Waals surface area contributed by atoms with Crippen LogP contribution in [0, 0.1) is 5.92 Å². The molecule has 1 aliphatic rings. The van der Waals surface area contributed by atoms with Gasteiger partial charge in [0.05, 0.1) is 5.25 Å². The molecule has 21 heavy (non-hydrogen) atoms. The zero-order chi connectivity index (χ0) is 15.6. The smallest absolute Gasteiger partial charge is 0.150 e. The Bertz CT molecular complexity index is 609. The highest BCUT2D eigenvalue weighted by atomic mass is 79.9. The van der Waals surface area contributed by atoms with Crippen molar-refractivity contribution in [3.8, 4) is 0 Å². The van der Waals surface area contributed by atoms with E-state index in [-0.39, 0.29) is 17.2 Å². The lowest BCUT2D eigenvalue weighted by molar-refractivity contribution is 0.274. The lowest BCUT2D eigenvalue weighted by atomic mass is 9.81. The molecule has 0 aromatic heterocycles. The predicted molar refractivity (Wildman–Crippen MR) is 89.8 cm³/mol. The van der Waals surface area contributed by atoms with Crippen LogP contribution in [-0.4, -0.2) is 19.9 Å². The van der Waals surface area contributed by atoms with Crippen LogP contribution < -0.4 is 11.3 Å². The molecule has 1 aliphatic carbocycles. The second-order valence-corrected chi connectivity index (χ2v) is 9.30. The number of hydrogen-bond acceptors (Lipinski definition) is 4. The molecule has 1 saturated carbocycles. The van der Waals surface area contributed by atoms with Crippen molar-refractivity contribution in [3.05, 3.63) is 33.3 Å². The number of benzene rings is 1. The van der Waals surface area contributed by atoms with Gasteiger partial charge in [0.2, 0.25) is 0 Å². The van der Waals surface area contributed by atoms with Crippen LogP contribution in [0.25, 0.3) is 0 Å². The van der Waals surface area contributed by atoms with Gasteiger partial charge in [0.25, 0.3) is 0 Å². The highest BCUT2D eigenvalue weighted by Crippen LogP contribution is 2.39. The number of hydrazine groups is 1. The van der Waals surface area contributed by atoms with E-state index in [0.717, 1.165) is 29.3 Å². The Morgan fingerprint density at radius 3 is 2.71 bits per heavy atom. The monoisotopic (exact) mass is 394 g/mol. The summed E-state index contributed by atoms with van der Waals surface area (Å²) in [5.41, 5.74) is 3.87. The summed E-state index contributed by atoms with van der Waals surface area (Å²) in [6.07, 6.45) is 4.59. The molecule has 0 radical (unpaired) electrons. The van der Waals surface area contributed by atoms with E-state index in [1.807, 2.05) is 18.2 Å². The molecule has 0 bridgehead atoms. The molecule has 0 heterocycles. The van der Waals surface area contributed by atoms with Crippen LogP contribution in [0.2, 0.25) is 5.02 Å². The van der Waals surface area contributed by atoms with Gasteiger partial charge in [-0.25, -0.2) is 8.42 Å². The van der Waals surface area contributed by atoms with Gasteiger partial charge in [0.1, 0.15) is 9.84 Å². The van der Waals surface area contributed by atoms with Gasteiger partial charge in [-0.2, -0.15) is 0 Å². The summed E-state index contributed by atoms with van der Waals surface area (Å²) in [7, 11) is -3.00. The normalized spacial score (nSPS) is 24.8. The molecule has 7 heteroatoms. The average Bonchev–Trinajstić information content (AvgIpc) is 2.41. The van der Waals surface area contributed by atoms with Crippen LogP contribution in [0.1, 0.15) is 37.3 Å². The number of nitrogens with one attached hydrogen (secondary N) is 1. The van der Waals surface area contributed by atoms with Gasteiger partial charge in [-0.1, -0.05) is 40.0 Å². The molecule has 0 amide bonds. The van der Waals surface area contributed by atoms with E-state index in [2.05, 4.69) is 21.4 Å². The molecule has 0 aliphatic heterocycles. The fraction of sp³-hybridized carbons (Fsp3) is 0.571. The van der Waals surface area contributed by atoms with E-state index in [1.165, 1.54) is 6.26 Å². The lowest BCUT2D eigenvalue weighted by Crippen LogP contribution is -2.38. The summed E-state index contributed by atoms with van der Waals surface area (Å²) in [4.78, 5) is 0. The minimum absolute atomic E-state index is 0.0822. The Morgan fingerprint density at radius 2 is 2.14 bits per heavy atom. The third-order valence-corrected chi connectivity index (χ3v) is 6.78. The second kappa shape index (κ2) is 6.96. The van der Waals surface area contributed by atoms with Crippen molar-refractivity contribution < 1.29 is 8.42 Å². The molecule has 1 fully saturated rings. The Morgan fingerprint density at radius 1 is 1.43 bits per heavy atom. The fourth-order valence-corrected chi connectivity index (χ4v) is 5.23. The van der Waals surface area contributed by atoms with E-state index < -0.39 is 9.84 Å². The Kier molecular flexibility index (Phi) is 5.71. The summed E-state index contributed by atoms with van der Waals surface area (Å²) in [6, 6.07) is 5.50. The summed E-state index contributed by atoms with van der Waals surface area (Å²) in [5, 5.41) is 0.386. The Labute approximate surface area is 139 Å². The molecule has 118 valence electrons. The summed E-state index contributed by atoms with van der Waals surface area (Å²) < 4.78 is 24.5. The van der Waals surface area contributed by atoms with E-state index in [9.17, 15) is 8.42 Å². The number of hydrogen-bond donors (Lipinski definition) is 2. The number of rotatable bonds is 4. The molecule has 0 saturated heterocycles. The van der Waals surface area contributed by atoms with Crippen LogP contribution in [0.15, 0.2) is 22.7 Å². The van der Waals surface area contributed by atoms with Gasteiger partial charge in [-0.05, 0) is 42.9 Å². The highest BCUT2D eigenvalue weighted by molar-refractivity contribution is 9.10. The first-order chi connectivity index (χ1) is 9.82. The van der Waals surface area contributed by atoms with Crippen LogP contribution in [0.5, 0.6) is 0 Å². The summed E-state index contributed by atoms with van der Waals surface area (Å²) in [5.74, 6) is 5.94. The van der Waals surface area contributed by atoms with Crippen molar-refractivity contribution in [1.29, 1.82) is 0 Å². The third kappa shape index (κ3) is 4.20. The molecule has 1 aromatic rings. The summed E-state index contributed by atoms with van der Waals surface area (Å²) in [6.45, 7) is 0. The maximum atomic E-state index is 11.8. The van der Waals surface area contributed by atoms with Gasteiger partial charge in [0.15, 0.2) is 0 Å². The molecule has 2 rings (SSSR count). The maximum absolute atomic E-state index is 11.8. The largest absolute Gasteiger partial charge is 0.271 e. The number of sulfone groups is 1.